The van der Waals surface area contributed by atoms with Gasteiger partial charge in [0.15, 0.2) is 0 Å². The normalized spacial score (nSPS) is 21.4. The van der Waals surface area contributed by atoms with Crippen molar-refractivity contribution in [2.45, 2.75) is 31.3 Å². The second-order valence-electron chi connectivity index (χ2n) is 7.72. The van der Waals surface area contributed by atoms with Gasteiger partial charge in [-0.25, -0.2) is 4.98 Å². The smallest absolute Gasteiger partial charge is 0.225 e. The molecule has 0 radical (unpaired) electrons. The lowest BCUT2D eigenvalue weighted by molar-refractivity contribution is 0.0937. The van der Waals surface area contributed by atoms with E-state index >= 15 is 0 Å². The van der Waals surface area contributed by atoms with Crippen molar-refractivity contribution in [3.63, 3.8) is 0 Å². The van der Waals surface area contributed by atoms with Crippen LogP contribution in [0.3, 0.4) is 0 Å². The highest BCUT2D eigenvalue weighted by Gasteiger charge is 2.26. The third-order valence-corrected chi connectivity index (χ3v) is 5.92. The van der Waals surface area contributed by atoms with E-state index in [9.17, 15) is 0 Å². The van der Waals surface area contributed by atoms with Crippen LogP contribution >= 0.6 is 0 Å². The average molecular weight is 386 g/mol. The SMILES string of the molecule is c1ccc([C@H]2COCCN2c2ccnc(NC3CCCc4ccccc43)n2)cc1. The van der Waals surface area contributed by atoms with Gasteiger partial charge in [-0.05, 0) is 42.0 Å². The van der Waals surface area contributed by atoms with Crippen LogP contribution < -0.4 is 10.2 Å². The first-order valence-corrected chi connectivity index (χ1v) is 10.5. The van der Waals surface area contributed by atoms with Gasteiger partial charge in [-0.1, -0.05) is 54.6 Å². The van der Waals surface area contributed by atoms with Crippen molar-refractivity contribution in [2.75, 3.05) is 30.0 Å². The standard InChI is InChI=1S/C24H26N4O/c1-2-8-19(9-3-1)22-17-29-16-15-28(22)23-13-14-25-24(27-23)26-21-12-6-10-18-7-4-5-11-20(18)21/h1-5,7-9,11,13-14,21-22H,6,10,12,15-17H2,(H,25,26,27)/t21?,22-/m1/s1. The summed E-state index contributed by atoms with van der Waals surface area (Å²) in [5, 5.41) is 3.59. The number of ether oxygens (including phenoxy) is 1. The Bertz CT molecular complexity index is 962. The summed E-state index contributed by atoms with van der Waals surface area (Å²) in [6.07, 6.45) is 5.31. The summed E-state index contributed by atoms with van der Waals surface area (Å²) >= 11 is 0. The van der Waals surface area contributed by atoms with Crippen molar-refractivity contribution < 1.29 is 4.74 Å². The number of aromatic nitrogens is 2. The lowest BCUT2D eigenvalue weighted by atomic mass is 9.88. The van der Waals surface area contributed by atoms with Gasteiger partial charge in [0.2, 0.25) is 5.95 Å². The summed E-state index contributed by atoms with van der Waals surface area (Å²) in [6.45, 7) is 2.21. The van der Waals surface area contributed by atoms with Crippen LogP contribution in [-0.2, 0) is 11.2 Å². The summed E-state index contributed by atoms with van der Waals surface area (Å²) in [7, 11) is 0. The van der Waals surface area contributed by atoms with E-state index in [0.717, 1.165) is 25.2 Å². The quantitative estimate of drug-likeness (QED) is 0.713. The monoisotopic (exact) mass is 386 g/mol. The van der Waals surface area contributed by atoms with Gasteiger partial charge in [0.1, 0.15) is 5.82 Å². The highest BCUT2D eigenvalue weighted by atomic mass is 16.5. The molecule has 0 spiro atoms. The highest BCUT2D eigenvalue weighted by molar-refractivity contribution is 5.47. The van der Waals surface area contributed by atoms with Gasteiger partial charge in [0.25, 0.3) is 0 Å². The molecule has 5 nitrogen and oxygen atoms in total. The second-order valence-corrected chi connectivity index (χ2v) is 7.72. The van der Waals surface area contributed by atoms with E-state index in [1.807, 2.05) is 18.3 Å². The number of hydrogen-bond acceptors (Lipinski definition) is 5. The molecule has 1 aliphatic heterocycles. The molecule has 0 bridgehead atoms. The Labute approximate surface area is 171 Å². The molecule has 2 heterocycles. The first kappa shape index (κ1) is 18.1. The Morgan fingerprint density at radius 2 is 1.86 bits per heavy atom. The molecule has 2 aliphatic rings. The molecular weight excluding hydrogens is 360 g/mol. The van der Waals surface area contributed by atoms with E-state index < -0.39 is 0 Å². The van der Waals surface area contributed by atoms with Crippen molar-refractivity contribution in [1.29, 1.82) is 0 Å². The Hall–Kier alpha value is -2.92. The second kappa shape index (κ2) is 8.21. The van der Waals surface area contributed by atoms with Crippen LogP contribution in [0.2, 0.25) is 0 Å². The highest BCUT2D eigenvalue weighted by Crippen LogP contribution is 2.33. The van der Waals surface area contributed by atoms with E-state index in [-0.39, 0.29) is 12.1 Å². The van der Waals surface area contributed by atoms with Crippen molar-refractivity contribution in [3.8, 4) is 0 Å². The minimum atomic E-state index is 0.170. The summed E-state index contributed by atoms with van der Waals surface area (Å²) in [6, 6.07) is 21.7. The number of aryl methyl sites for hydroxylation is 1. The number of morpholine rings is 1. The molecule has 0 saturated carbocycles. The van der Waals surface area contributed by atoms with Gasteiger partial charge in [-0.2, -0.15) is 4.98 Å². The predicted octanol–water partition coefficient (Wildman–Crippen LogP) is 4.54. The predicted molar refractivity (Wildman–Crippen MR) is 115 cm³/mol. The van der Waals surface area contributed by atoms with E-state index in [1.54, 1.807) is 0 Å². The van der Waals surface area contributed by atoms with E-state index in [4.69, 9.17) is 9.72 Å². The fourth-order valence-electron chi connectivity index (χ4n) is 4.47. The van der Waals surface area contributed by atoms with E-state index in [1.165, 1.54) is 23.1 Å². The Kier molecular flexibility index (Phi) is 5.13. The summed E-state index contributed by atoms with van der Waals surface area (Å²) in [5.74, 6) is 1.64. The van der Waals surface area contributed by atoms with Crippen molar-refractivity contribution in [2.24, 2.45) is 0 Å². The van der Waals surface area contributed by atoms with Gasteiger partial charge in [0.05, 0.1) is 25.3 Å². The van der Waals surface area contributed by atoms with Crippen molar-refractivity contribution in [1.82, 2.24) is 9.97 Å². The number of nitrogens with one attached hydrogen (secondary N) is 1. The third-order valence-electron chi connectivity index (χ3n) is 5.92. The van der Waals surface area contributed by atoms with Gasteiger partial charge in [-0.15, -0.1) is 0 Å². The first-order chi connectivity index (χ1) is 14.4. The maximum Gasteiger partial charge on any atom is 0.225 e. The Morgan fingerprint density at radius 3 is 2.79 bits per heavy atom. The number of hydrogen-bond donors (Lipinski definition) is 1. The minimum Gasteiger partial charge on any atom is -0.377 e. The molecule has 1 unspecified atom stereocenters. The third kappa shape index (κ3) is 3.83. The average Bonchev–Trinajstić information content (AvgIpc) is 2.80. The maximum absolute atomic E-state index is 5.78. The Morgan fingerprint density at radius 1 is 1.00 bits per heavy atom. The Balaban J connectivity index is 1.40. The molecule has 148 valence electrons. The molecule has 5 rings (SSSR count). The van der Waals surface area contributed by atoms with Crippen molar-refractivity contribution >= 4 is 11.8 Å². The van der Waals surface area contributed by atoms with Crippen LogP contribution in [0.25, 0.3) is 0 Å². The largest absolute Gasteiger partial charge is 0.377 e. The number of nitrogens with zero attached hydrogens (tertiary/aromatic N) is 3. The van der Waals surface area contributed by atoms with Crippen LogP contribution in [0.15, 0.2) is 66.9 Å². The van der Waals surface area contributed by atoms with E-state index in [2.05, 4.69) is 63.7 Å². The van der Waals surface area contributed by atoms with Crippen LogP contribution in [0.4, 0.5) is 11.8 Å². The molecule has 1 saturated heterocycles. The number of benzene rings is 2. The van der Waals surface area contributed by atoms with Gasteiger partial charge in [0, 0.05) is 12.7 Å². The zero-order chi connectivity index (χ0) is 19.5. The maximum atomic E-state index is 5.78. The molecule has 1 N–H and O–H groups in total. The number of fused-ring (bicyclic) bond motifs is 1. The molecule has 5 heteroatoms. The molecule has 2 aromatic carbocycles. The van der Waals surface area contributed by atoms with Crippen molar-refractivity contribution in [3.05, 3.63) is 83.6 Å². The minimum absolute atomic E-state index is 0.170. The van der Waals surface area contributed by atoms with Crippen LogP contribution in [0, 0.1) is 0 Å². The van der Waals surface area contributed by atoms with Crippen LogP contribution in [0.1, 0.15) is 41.6 Å². The lowest BCUT2D eigenvalue weighted by Gasteiger charge is -2.37. The molecule has 1 aromatic heterocycles. The topological polar surface area (TPSA) is 50.3 Å². The molecule has 1 aliphatic carbocycles. The van der Waals surface area contributed by atoms with Gasteiger partial charge >= 0.3 is 0 Å². The van der Waals surface area contributed by atoms with Crippen LogP contribution in [-0.4, -0.2) is 29.7 Å². The fourth-order valence-corrected chi connectivity index (χ4v) is 4.47. The van der Waals surface area contributed by atoms with Gasteiger partial charge < -0.3 is 15.0 Å². The number of anilines is 2. The molecule has 0 amide bonds. The summed E-state index contributed by atoms with van der Waals surface area (Å²) < 4.78 is 5.78. The zero-order valence-corrected chi connectivity index (χ0v) is 16.5. The molecule has 2 atom stereocenters. The molecule has 29 heavy (non-hydrogen) atoms. The van der Waals surface area contributed by atoms with Gasteiger partial charge in [-0.3, -0.25) is 0 Å². The molecule has 3 aromatic rings. The summed E-state index contributed by atoms with van der Waals surface area (Å²) in [5.41, 5.74) is 4.06. The molecular formula is C24H26N4O. The van der Waals surface area contributed by atoms with E-state index in [0.29, 0.717) is 19.2 Å². The van der Waals surface area contributed by atoms with Crippen LogP contribution in [0.5, 0.6) is 0 Å². The molecule has 1 fully saturated rings. The zero-order valence-electron chi connectivity index (χ0n) is 16.5. The summed E-state index contributed by atoms with van der Waals surface area (Å²) in [4.78, 5) is 11.7. The first-order valence-electron chi connectivity index (χ1n) is 10.5. The lowest BCUT2D eigenvalue weighted by Crippen LogP contribution is -2.40. The number of rotatable bonds is 4. The fraction of sp³-hybridized carbons (Fsp3) is 0.333.